The van der Waals surface area contributed by atoms with Crippen molar-refractivity contribution >= 4 is 34.0 Å². The van der Waals surface area contributed by atoms with Crippen LogP contribution in [-0.2, 0) is 0 Å². The predicted molar refractivity (Wildman–Crippen MR) is 70.1 cm³/mol. The van der Waals surface area contributed by atoms with Gasteiger partial charge >= 0.3 is 5.97 Å². The Labute approximate surface area is 116 Å². The summed E-state index contributed by atoms with van der Waals surface area (Å²) in [5, 5.41) is 15.7. The molecule has 0 unspecified atom stereocenters. The first-order chi connectivity index (χ1) is 9.54. The number of nitrogens with one attached hydrogen (secondary N) is 1. The molecule has 9 heteroatoms. The zero-order chi connectivity index (χ0) is 14.3. The zero-order valence-electron chi connectivity index (χ0n) is 10.1. The van der Waals surface area contributed by atoms with Crippen molar-refractivity contribution in [3.63, 3.8) is 0 Å². The first kappa shape index (κ1) is 12.6. The number of carboxylic acid groups (broad SMARTS) is 1. The molecule has 0 amide bonds. The molecule has 0 spiro atoms. The molecule has 1 fully saturated rings. The van der Waals surface area contributed by atoms with E-state index in [1.807, 2.05) is 0 Å². The molecule has 104 valence electrons. The molecule has 20 heavy (non-hydrogen) atoms. The smallest absolute Gasteiger partial charge is 0.358 e. The lowest BCUT2D eigenvalue weighted by atomic mass is 10.2. The van der Waals surface area contributed by atoms with Crippen LogP contribution in [0.4, 0.5) is 10.9 Å². The fourth-order valence-corrected chi connectivity index (χ4v) is 2.46. The molecule has 1 aliphatic carbocycles. The molecule has 0 aliphatic heterocycles. The lowest BCUT2D eigenvalue weighted by molar-refractivity contribution is 0.0685. The minimum absolute atomic E-state index is 0.0939. The summed E-state index contributed by atoms with van der Waals surface area (Å²) in [5.74, 6) is -1.86. The Morgan fingerprint density at radius 2 is 2.25 bits per heavy atom. The van der Waals surface area contributed by atoms with E-state index in [4.69, 9.17) is 15.4 Å². The first-order valence-corrected chi connectivity index (χ1v) is 6.64. The van der Waals surface area contributed by atoms with Crippen molar-refractivity contribution in [3.05, 3.63) is 22.4 Å². The number of hydrogen-bond donors (Lipinski definition) is 3. The minimum atomic E-state index is -1.26. The molecule has 2 aromatic rings. The summed E-state index contributed by atoms with van der Waals surface area (Å²) in [6.45, 7) is 0. The topological polar surface area (TPSA) is 131 Å². The number of nitrogens with zero attached hydrogens (tertiary/aromatic N) is 2. The van der Waals surface area contributed by atoms with Crippen molar-refractivity contribution in [2.75, 3.05) is 11.1 Å². The summed E-state index contributed by atoms with van der Waals surface area (Å²) in [7, 11) is 0. The Hall–Kier alpha value is -2.42. The molecular weight excluding hydrogens is 284 g/mol. The van der Waals surface area contributed by atoms with E-state index in [-0.39, 0.29) is 22.1 Å². The Kier molecular flexibility index (Phi) is 2.90. The average Bonchev–Trinajstić information content (AvgIpc) is 2.93. The fraction of sp³-hybridized carbons (Fsp3) is 0.273. The number of carbonyl (C=O) groups is 2. The van der Waals surface area contributed by atoms with Crippen molar-refractivity contribution in [1.29, 1.82) is 0 Å². The number of thiazole rings is 1. The third kappa shape index (κ3) is 2.35. The van der Waals surface area contributed by atoms with Crippen LogP contribution in [0.15, 0.2) is 10.6 Å². The van der Waals surface area contributed by atoms with Crippen LogP contribution in [0.3, 0.4) is 0 Å². The second kappa shape index (κ2) is 4.60. The maximum Gasteiger partial charge on any atom is 0.358 e. The van der Waals surface area contributed by atoms with Gasteiger partial charge in [-0.3, -0.25) is 4.79 Å². The third-order valence-electron chi connectivity index (χ3n) is 2.72. The Balaban J connectivity index is 1.84. The maximum atomic E-state index is 12.2. The third-order valence-corrected chi connectivity index (χ3v) is 3.72. The molecule has 8 nitrogen and oxygen atoms in total. The van der Waals surface area contributed by atoms with Gasteiger partial charge in [0.25, 0.3) is 0 Å². The summed E-state index contributed by atoms with van der Waals surface area (Å²) < 4.78 is 4.72. The van der Waals surface area contributed by atoms with Gasteiger partial charge in [0.2, 0.25) is 11.5 Å². The van der Waals surface area contributed by atoms with Gasteiger partial charge in [0, 0.05) is 12.1 Å². The number of carbonyl (C=O) groups excluding carboxylic acids is 1. The Morgan fingerprint density at radius 1 is 1.50 bits per heavy atom. The minimum Gasteiger partial charge on any atom is -0.476 e. The van der Waals surface area contributed by atoms with Crippen LogP contribution in [0, 0.1) is 0 Å². The highest BCUT2D eigenvalue weighted by Gasteiger charge is 2.26. The van der Waals surface area contributed by atoms with Crippen LogP contribution >= 0.6 is 11.3 Å². The molecule has 0 saturated heterocycles. The van der Waals surface area contributed by atoms with Crippen molar-refractivity contribution in [2.24, 2.45) is 0 Å². The van der Waals surface area contributed by atoms with Crippen LogP contribution in [0.5, 0.6) is 0 Å². The number of aromatic nitrogens is 2. The molecule has 1 aliphatic rings. The molecule has 2 heterocycles. The highest BCUT2D eigenvalue weighted by atomic mass is 32.1. The van der Waals surface area contributed by atoms with E-state index in [9.17, 15) is 9.59 Å². The number of anilines is 2. The van der Waals surface area contributed by atoms with Crippen LogP contribution < -0.4 is 11.1 Å². The van der Waals surface area contributed by atoms with Crippen LogP contribution in [-0.4, -0.2) is 33.0 Å². The second-order valence-electron chi connectivity index (χ2n) is 4.36. The highest BCUT2D eigenvalue weighted by Crippen LogP contribution is 2.31. The molecular formula is C11H10N4O4S. The van der Waals surface area contributed by atoms with E-state index in [2.05, 4.69) is 15.5 Å². The lowest BCUT2D eigenvalue weighted by Crippen LogP contribution is -2.01. The van der Waals surface area contributed by atoms with Gasteiger partial charge in [-0.25, -0.2) is 9.78 Å². The van der Waals surface area contributed by atoms with E-state index in [0.29, 0.717) is 11.2 Å². The first-order valence-electron chi connectivity index (χ1n) is 5.82. The summed E-state index contributed by atoms with van der Waals surface area (Å²) >= 11 is 1.12. The zero-order valence-corrected chi connectivity index (χ0v) is 10.9. The summed E-state index contributed by atoms with van der Waals surface area (Å²) in [4.78, 5) is 27.1. The van der Waals surface area contributed by atoms with E-state index in [1.165, 1.54) is 0 Å². The average molecular weight is 294 g/mol. The van der Waals surface area contributed by atoms with Gasteiger partial charge in [-0.2, -0.15) is 0 Å². The molecule has 3 rings (SSSR count). The van der Waals surface area contributed by atoms with Gasteiger partial charge in [-0.15, -0.1) is 0 Å². The number of ketones is 1. The largest absolute Gasteiger partial charge is 0.476 e. The number of rotatable bonds is 5. The predicted octanol–water partition coefficient (Wildman–Crippen LogP) is 1.22. The van der Waals surface area contributed by atoms with Crippen LogP contribution in [0.1, 0.15) is 38.8 Å². The standard InChI is InChI=1S/C11H10N4O4S/c12-9-8(20-11(14-9)13-4-1-2-4)7(16)6-3-5(10(17)18)15-19-6/h3-4H,1-2,12H2,(H,13,14)(H,17,18). The number of carboxylic acids is 1. The molecule has 0 atom stereocenters. The van der Waals surface area contributed by atoms with Gasteiger partial charge in [0.05, 0.1) is 0 Å². The SMILES string of the molecule is Nc1nc(NC2CC2)sc1C(=O)c1cc(C(=O)O)no1. The monoisotopic (exact) mass is 294 g/mol. The summed E-state index contributed by atoms with van der Waals surface area (Å²) in [6, 6.07) is 1.46. The second-order valence-corrected chi connectivity index (χ2v) is 5.36. The van der Waals surface area contributed by atoms with Crippen molar-refractivity contribution in [2.45, 2.75) is 18.9 Å². The van der Waals surface area contributed by atoms with E-state index in [0.717, 1.165) is 30.2 Å². The molecule has 1 saturated carbocycles. The molecule has 2 aromatic heterocycles. The van der Waals surface area contributed by atoms with E-state index >= 15 is 0 Å². The van der Waals surface area contributed by atoms with Crippen molar-refractivity contribution in [1.82, 2.24) is 10.1 Å². The van der Waals surface area contributed by atoms with Crippen molar-refractivity contribution < 1.29 is 19.2 Å². The van der Waals surface area contributed by atoms with Gasteiger partial charge < -0.3 is 20.7 Å². The lowest BCUT2D eigenvalue weighted by Gasteiger charge is -1.95. The number of hydrogen-bond acceptors (Lipinski definition) is 8. The van der Waals surface area contributed by atoms with Gasteiger partial charge in [-0.05, 0) is 12.8 Å². The number of aromatic carboxylic acids is 1. The molecule has 4 N–H and O–H groups in total. The quantitative estimate of drug-likeness (QED) is 0.701. The van der Waals surface area contributed by atoms with E-state index in [1.54, 1.807) is 0 Å². The Bertz CT molecular complexity index is 688. The molecule has 0 bridgehead atoms. The van der Waals surface area contributed by atoms with Crippen LogP contribution in [0.25, 0.3) is 0 Å². The Morgan fingerprint density at radius 3 is 2.85 bits per heavy atom. The molecule has 0 aromatic carbocycles. The van der Waals surface area contributed by atoms with Crippen molar-refractivity contribution in [3.8, 4) is 0 Å². The van der Waals surface area contributed by atoms with Gasteiger partial charge in [0.1, 0.15) is 10.7 Å². The van der Waals surface area contributed by atoms with E-state index < -0.39 is 11.8 Å². The summed E-state index contributed by atoms with van der Waals surface area (Å²) in [5.41, 5.74) is 5.38. The molecule has 0 radical (unpaired) electrons. The fourth-order valence-electron chi connectivity index (χ4n) is 1.55. The normalized spacial score (nSPS) is 14.2. The highest BCUT2D eigenvalue weighted by molar-refractivity contribution is 7.18. The van der Waals surface area contributed by atoms with Gasteiger partial charge in [0.15, 0.2) is 10.8 Å². The van der Waals surface area contributed by atoms with Gasteiger partial charge in [-0.1, -0.05) is 16.5 Å². The number of nitrogen functional groups attached to an aromatic ring is 1. The maximum absolute atomic E-state index is 12.2. The van der Waals surface area contributed by atoms with Crippen LogP contribution in [0.2, 0.25) is 0 Å². The summed E-state index contributed by atoms with van der Waals surface area (Å²) in [6.07, 6.45) is 2.15. The number of nitrogens with two attached hydrogens (primary N) is 1.